The highest BCUT2D eigenvalue weighted by Crippen LogP contribution is 2.31. The molecule has 1 aliphatic heterocycles. The number of hydrogen-bond acceptors (Lipinski definition) is 4. The predicted octanol–water partition coefficient (Wildman–Crippen LogP) is 5.06. The maximum Gasteiger partial charge on any atom is 0.416 e. The Bertz CT molecular complexity index is 922. The van der Waals surface area contributed by atoms with Crippen molar-refractivity contribution in [3.8, 4) is 0 Å². The van der Waals surface area contributed by atoms with E-state index in [1.54, 1.807) is 18.3 Å². The lowest BCUT2D eigenvalue weighted by Crippen LogP contribution is -2.33. The van der Waals surface area contributed by atoms with Crippen molar-refractivity contribution in [1.82, 2.24) is 4.98 Å². The van der Waals surface area contributed by atoms with Crippen molar-refractivity contribution in [2.24, 2.45) is 9.98 Å². The van der Waals surface area contributed by atoms with Gasteiger partial charge in [-0.05, 0) is 55.1 Å². The van der Waals surface area contributed by atoms with Crippen molar-refractivity contribution >= 4 is 36.2 Å². The number of anilines is 2. The molecule has 0 saturated heterocycles. The predicted molar refractivity (Wildman–Crippen MR) is 111 cm³/mol. The maximum atomic E-state index is 12.7. The van der Waals surface area contributed by atoms with Crippen LogP contribution in [0.25, 0.3) is 0 Å². The van der Waals surface area contributed by atoms with Crippen LogP contribution in [0.4, 0.5) is 24.7 Å². The molecule has 1 aromatic carbocycles. The van der Waals surface area contributed by atoms with Gasteiger partial charge in [0.1, 0.15) is 12.2 Å². The summed E-state index contributed by atoms with van der Waals surface area (Å²) in [6.07, 6.45) is -0.595. The van der Waals surface area contributed by atoms with Crippen LogP contribution in [0.2, 0.25) is 5.02 Å². The van der Waals surface area contributed by atoms with Crippen LogP contribution < -0.4 is 10.2 Å². The lowest BCUT2D eigenvalue weighted by molar-refractivity contribution is -0.137. The van der Waals surface area contributed by atoms with Crippen molar-refractivity contribution in [2.45, 2.75) is 12.6 Å². The minimum Gasteiger partial charge on any atom is -0.381 e. The van der Waals surface area contributed by atoms with E-state index in [-0.39, 0.29) is 0 Å². The number of aromatic nitrogens is 1. The molecule has 152 valence electrons. The number of aliphatic imine (C=N–C) groups is 2. The van der Waals surface area contributed by atoms with Crippen LogP contribution in [0.15, 0.2) is 63.8 Å². The molecule has 0 aliphatic carbocycles. The third kappa shape index (κ3) is 5.35. The molecule has 0 radical (unpaired) electrons. The van der Waals surface area contributed by atoms with Gasteiger partial charge in [-0.15, -0.1) is 0 Å². The molecule has 2 aromatic rings. The molecule has 0 spiro atoms. The fourth-order valence-electron chi connectivity index (χ4n) is 3.00. The Morgan fingerprint density at radius 3 is 2.66 bits per heavy atom. The summed E-state index contributed by atoms with van der Waals surface area (Å²) in [6.45, 7) is 5.05. The van der Waals surface area contributed by atoms with Crippen molar-refractivity contribution < 1.29 is 13.2 Å². The Kier molecular flexibility index (Phi) is 6.53. The van der Waals surface area contributed by atoms with Crippen molar-refractivity contribution in [2.75, 3.05) is 29.9 Å². The minimum atomic E-state index is -4.35. The first kappa shape index (κ1) is 20.9. The quantitative estimate of drug-likeness (QED) is 0.524. The van der Waals surface area contributed by atoms with Crippen molar-refractivity contribution in [1.29, 1.82) is 0 Å². The molecule has 1 N–H and O–H groups in total. The van der Waals surface area contributed by atoms with E-state index < -0.39 is 11.7 Å². The van der Waals surface area contributed by atoms with E-state index in [1.165, 1.54) is 18.5 Å². The number of rotatable bonds is 6. The summed E-state index contributed by atoms with van der Waals surface area (Å²) in [6, 6.07) is 8.50. The Morgan fingerprint density at radius 2 is 2.00 bits per heavy atom. The zero-order valence-corrected chi connectivity index (χ0v) is 16.2. The fourth-order valence-corrected chi connectivity index (χ4v) is 3.24. The number of pyridine rings is 1. The smallest absolute Gasteiger partial charge is 0.381 e. The average molecular weight is 422 g/mol. The Balaban J connectivity index is 1.74. The van der Waals surface area contributed by atoms with Crippen LogP contribution in [0, 0.1) is 0 Å². The molecule has 5 nitrogen and oxygen atoms in total. The monoisotopic (exact) mass is 421 g/mol. The molecule has 0 unspecified atom stereocenters. The van der Waals surface area contributed by atoms with E-state index in [2.05, 4.69) is 27.0 Å². The van der Waals surface area contributed by atoms with E-state index in [4.69, 9.17) is 11.6 Å². The van der Waals surface area contributed by atoms with E-state index in [9.17, 15) is 13.2 Å². The maximum absolute atomic E-state index is 12.7. The molecular weight excluding hydrogens is 403 g/mol. The standard InChI is InChI=1S/C20H19ClF3N5/c1-25-13-28-18-12-29(19-17(21)3-2-9-26-19)10-8-14(18)11-27-16-6-4-15(5-7-16)20(22,23)24/h2-7,9,13,27H,1,8,10-12H2/b28-13-. The number of nitrogens with zero attached hydrogens (tertiary/aromatic N) is 4. The van der Waals surface area contributed by atoms with Crippen molar-refractivity contribution in [3.05, 3.63) is 64.5 Å². The summed E-state index contributed by atoms with van der Waals surface area (Å²) in [5, 5.41) is 3.72. The van der Waals surface area contributed by atoms with Crippen molar-refractivity contribution in [3.63, 3.8) is 0 Å². The molecule has 0 bridgehead atoms. The summed E-state index contributed by atoms with van der Waals surface area (Å²) < 4.78 is 38.1. The molecule has 3 rings (SSSR count). The number of benzene rings is 1. The largest absolute Gasteiger partial charge is 0.416 e. The third-order valence-electron chi connectivity index (χ3n) is 4.48. The summed E-state index contributed by atoms with van der Waals surface area (Å²) in [5.41, 5.74) is 1.76. The second-order valence-electron chi connectivity index (χ2n) is 6.39. The first-order chi connectivity index (χ1) is 13.9. The molecule has 9 heteroatoms. The van der Waals surface area contributed by atoms with Gasteiger partial charge in [0.2, 0.25) is 0 Å². The van der Waals surface area contributed by atoms with Crippen LogP contribution in [0.1, 0.15) is 12.0 Å². The highest BCUT2D eigenvalue weighted by molar-refractivity contribution is 6.32. The Labute approximate surface area is 171 Å². The van der Waals surface area contributed by atoms with E-state index in [0.717, 1.165) is 23.4 Å². The molecule has 2 heterocycles. The first-order valence-corrected chi connectivity index (χ1v) is 9.22. The molecule has 0 saturated carbocycles. The molecule has 1 aliphatic rings. The summed E-state index contributed by atoms with van der Waals surface area (Å²) in [5.74, 6) is 0.683. The molecule has 1 aromatic heterocycles. The van der Waals surface area contributed by atoms with Gasteiger partial charge in [0, 0.05) is 25.0 Å². The van der Waals surface area contributed by atoms with E-state index in [0.29, 0.717) is 42.6 Å². The molecular formula is C20H19ClF3N5. The van der Waals surface area contributed by atoms with Gasteiger partial charge < -0.3 is 10.2 Å². The zero-order valence-electron chi connectivity index (χ0n) is 15.5. The highest BCUT2D eigenvalue weighted by atomic mass is 35.5. The lowest BCUT2D eigenvalue weighted by atomic mass is 10.0. The SMILES string of the molecule is C=N/C=N\C1=C(CNc2ccc(C(F)(F)F)cc2)CCN(c2ncccc2Cl)C1. The lowest BCUT2D eigenvalue weighted by Gasteiger charge is -2.30. The van der Waals surface area contributed by atoms with Crippen LogP contribution in [-0.4, -0.2) is 37.7 Å². The van der Waals surface area contributed by atoms with E-state index in [1.807, 2.05) is 4.90 Å². The number of alkyl halides is 3. The van der Waals surface area contributed by atoms with Gasteiger partial charge in [-0.25, -0.2) is 9.98 Å². The van der Waals surface area contributed by atoms with Gasteiger partial charge in [-0.2, -0.15) is 13.2 Å². The van der Waals surface area contributed by atoms with Crippen LogP contribution in [-0.2, 0) is 6.18 Å². The van der Waals surface area contributed by atoms with Gasteiger partial charge in [0.05, 0.1) is 22.8 Å². The topological polar surface area (TPSA) is 52.9 Å². The average Bonchev–Trinajstić information content (AvgIpc) is 2.71. The highest BCUT2D eigenvalue weighted by Gasteiger charge is 2.30. The molecule has 0 fully saturated rings. The second-order valence-corrected chi connectivity index (χ2v) is 6.79. The van der Waals surface area contributed by atoms with Gasteiger partial charge in [-0.1, -0.05) is 11.6 Å². The minimum absolute atomic E-state index is 0.457. The zero-order chi connectivity index (χ0) is 20.9. The van der Waals surface area contributed by atoms with Gasteiger partial charge >= 0.3 is 6.18 Å². The van der Waals surface area contributed by atoms with Gasteiger partial charge in [0.15, 0.2) is 0 Å². The van der Waals surface area contributed by atoms with Crippen LogP contribution in [0.3, 0.4) is 0 Å². The summed E-state index contributed by atoms with van der Waals surface area (Å²) in [7, 11) is 0. The second kappa shape index (κ2) is 9.09. The van der Waals surface area contributed by atoms with Crippen LogP contribution in [0.5, 0.6) is 0 Å². The first-order valence-electron chi connectivity index (χ1n) is 8.84. The third-order valence-corrected chi connectivity index (χ3v) is 4.78. The molecule has 0 amide bonds. The fraction of sp³-hybridized carbons (Fsp3) is 0.250. The normalized spacial score (nSPS) is 15.1. The van der Waals surface area contributed by atoms with Gasteiger partial charge in [0.25, 0.3) is 0 Å². The summed E-state index contributed by atoms with van der Waals surface area (Å²) in [4.78, 5) is 14.4. The number of nitrogens with one attached hydrogen (secondary N) is 1. The van der Waals surface area contributed by atoms with E-state index >= 15 is 0 Å². The number of halogens is 4. The van der Waals surface area contributed by atoms with Crippen LogP contribution >= 0.6 is 11.6 Å². The molecule has 29 heavy (non-hydrogen) atoms. The number of hydrogen-bond donors (Lipinski definition) is 1. The Morgan fingerprint density at radius 1 is 1.24 bits per heavy atom. The summed E-state index contributed by atoms with van der Waals surface area (Å²) >= 11 is 6.25. The Hall–Kier alpha value is -2.87. The molecule has 0 atom stereocenters. The van der Waals surface area contributed by atoms with Gasteiger partial charge in [-0.3, -0.25) is 4.99 Å².